The van der Waals surface area contributed by atoms with E-state index < -0.39 is 0 Å². The molecule has 0 amide bonds. The third kappa shape index (κ3) is 3.53. The second-order valence-corrected chi connectivity index (χ2v) is 6.73. The molecule has 2 rings (SSSR count). The van der Waals surface area contributed by atoms with Crippen LogP contribution in [-0.4, -0.2) is 9.97 Å². The molecular weight excluding hydrogens is 332 g/mol. The summed E-state index contributed by atoms with van der Waals surface area (Å²) in [5.41, 5.74) is 0.997. The fraction of sp³-hybridized carbons (Fsp3) is 0.385. The maximum Gasteiger partial charge on any atom is 0.147 e. The van der Waals surface area contributed by atoms with Gasteiger partial charge in [0.2, 0.25) is 0 Å². The van der Waals surface area contributed by atoms with Crippen LogP contribution in [0.3, 0.4) is 0 Å². The fourth-order valence-electron chi connectivity index (χ4n) is 1.68. The van der Waals surface area contributed by atoms with Crippen molar-refractivity contribution >= 4 is 38.9 Å². The topological polar surface area (TPSA) is 25.8 Å². The van der Waals surface area contributed by atoms with Gasteiger partial charge in [-0.2, -0.15) is 0 Å². The molecule has 2 aromatic rings. The summed E-state index contributed by atoms with van der Waals surface area (Å²) in [6.07, 6.45) is 1.65. The Labute approximate surface area is 125 Å². The molecule has 0 aromatic carbocycles. The van der Waals surface area contributed by atoms with Gasteiger partial charge in [-0.1, -0.05) is 31.5 Å². The minimum absolute atomic E-state index is 0.507. The average molecular weight is 346 g/mol. The van der Waals surface area contributed by atoms with Crippen LogP contribution in [0.25, 0.3) is 0 Å². The molecule has 0 aliphatic rings. The molecule has 0 aliphatic heterocycles. The maximum absolute atomic E-state index is 6.15. The van der Waals surface area contributed by atoms with E-state index in [0.29, 0.717) is 11.1 Å². The van der Waals surface area contributed by atoms with Gasteiger partial charge >= 0.3 is 0 Å². The largest absolute Gasteiger partial charge is 0.236 e. The zero-order chi connectivity index (χ0) is 13.1. The SMILES string of the molecule is CC(C)Cc1nc(Cc2cccs2)nc(Cl)c1Br. The van der Waals surface area contributed by atoms with Gasteiger partial charge in [-0.15, -0.1) is 11.3 Å². The molecule has 0 spiro atoms. The highest BCUT2D eigenvalue weighted by Gasteiger charge is 2.12. The average Bonchev–Trinajstić information content (AvgIpc) is 2.77. The van der Waals surface area contributed by atoms with Crippen molar-refractivity contribution in [2.24, 2.45) is 5.92 Å². The first-order valence-corrected chi connectivity index (χ1v) is 7.84. The minimum Gasteiger partial charge on any atom is -0.236 e. The molecule has 0 fully saturated rings. The first-order valence-electron chi connectivity index (χ1n) is 5.79. The fourth-order valence-corrected chi connectivity index (χ4v) is 2.93. The number of aromatic nitrogens is 2. The van der Waals surface area contributed by atoms with Crippen LogP contribution in [0, 0.1) is 5.92 Å². The first kappa shape index (κ1) is 14.0. The molecule has 2 aromatic heterocycles. The lowest BCUT2D eigenvalue weighted by molar-refractivity contribution is 0.628. The lowest BCUT2D eigenvalue weighted by Gasteiger charge is -2.09. The van der Waals surface area contributed by atoms with E-state index in [9.17, 15) is 0 Å². The number of hydrogen-bond donors (Lipinski definition) is 0. The van der Waals surface area contributed by atoms with Gasteiger partial charge in [0.15, 0.2) is 0 Å². The Balaban J connectivity index is 2.28. The second-order valence-electron chi connectivity index (χ2n) is 4.55. The Morgan fingerprint density at radius 3 is 2.78 bits per heavy atom. The monoisotopic (exact) mass is 344 g/mol. The number of rotatable bonds is 4. The molecular formula is C13H14BrClN2S. The van der Waals surface area contributed by atoms with E-state index in [1.54, 1.807) is 11.3 Å². The van der Waals surface area contributed by atoms with Gasteiger partial charge in [0.25, 0.3) is 0 Å². The molecule has 96 valence electrons. The summed E-state index contributed by atoms with van der Waals surface area (Å²) in [4.78, 5) is 10.2. The normalized spacial score (nSPS) is 11.2. The Kier molecular flexibility index (Phi) is 4.76. The Bertz CT molecular complexity index is 526. The molecule has 2 heterocycles. The highest BCUT2D eigenvalue weighted by molar-refractivity contribution is 9.10. The van der Waals surface area contributed by atoms with Crippen molar-refractivity contribution in [2.45, 2.75) is 26.7 Å². The Morgan fingerprint density at radius 2 is 2.17 bits per heavy atom. The summed E-state index contributed by atoms with van der Waals surface area (Å²) < 4.78 is 0.827. The van der Waals surface area contributed by atoms with Crippen LogP contribution in [0.2, 0.25) is 5.15 Å². The van der Waals surface area contributed by atoms with Gasteiger partial charge in [0.1, 0.15) is 11.0 Å². The van der Waals surface area contributed by atoms with Crippen molar-refractivity contribution in [3.8, 4) is 0 Å². The second kappa shape index (κ2) is 6.13. The Morgan fingerprint density at radius 1 is 1.39 bits per heavy atom. The van der Waals surface area contributed by atoms with Gasteiger partial charge in [-0.3, -0.25) is 0 Å². The number of nitrogens with zero attached hydrogens (tertiary/aromatic N) is 2. The summed E-state index contributed by atoms with van der Waals surface area (Å²) in [5, 5.41) is 2.57. The minimum atomic E-state index is 0.507. The van der Waals surface area contributed by atoms with Crippen LogP contribution >= 0.6 is 38.9 Å². The van der Waals surface area contributed by atoms with Gasteiger partial charge in [-0.25, -0.2) is 9.97 Å². The molecule has 0 saturated heterocycles. The van der Waals surface area contributed by atoms with E-state index in [1.807, 2.05) is 6.07 Å². The van der Waals surface area contributed by atoms with Crippen LogP contribution in [0.4, 0.5) is 0 Å². The predicted octanol–water partition coefficient (Wildman–Crippen LogP) is 4.74. The molecule has 0 aliphatic carbocycles. The van der Waals surface area contributed by atoms with Crippen molar-refractivity contribution in [1.29, 1.82) is 0 Å². The maximum atomic E-state index is 6.15. The van der Waals surface area contributed by atoms with Crippen molar-refractivity contribution in [1.82, 2.24) is 9.97 Å². The van der Waals surface area contributed by atoms with E-state index in [1.165, 1.54) is 4.88 Å². The van der Waals surface area contributed by atoms with Gasteiger partial charge < -0.3 is 0 Å². The van der Waals surface area contributed by atoms with Gasteiger partial charge in [-0.05, 0) is 39.7 Å². The van der Waals surface area contributed by atoms with Crippen molar-refractivity contribution in [2.75, 3.05) is 0 Å². The van der Waals surface area contributed by atoms with Crippen molar-refractivity contribution < 1.29 is 0 Å². The Hall–Kier alpha value is -0.450. The van der Waals surface area contributed by atoms with Crippen molar-refractivity contribution in [3.63, 3.8) is 0 Å². The van der Waals surface area contributed by atoms with Crippen LogP contribution in [0.5, 0.6) is 0 Å². The first-order chi connectivity index (χ1) is 8.56. The third-order valence-corrected chi connectivity index (χ3v) is 4.65. The van der Waals surface area contributed by atoms with Crippen LogP contribution in [0.1, 0.15) is 30.2 Å². The summed E-state index contributed by atoms with van der Waals surface area (Å²) in [6.45, 7) is 4.34. The molecule has 2 nitrogen and oxygen atoms in total. The third-order valence-electron chi connectivity index (χ3n) is 2.44. The molecule has 0 unspecified atom stereocenters. The quantitative estimate of drug-likeness (QED) is 0.748. The zero-order valence-corrected chi connectivity index (χ0v) is 13.4. The summed E-state index contributed by atoms with van der Waals surface area (Å²) in [5.74, 6) is 1.34. The van der Waals surface area contributed by atoms with Crippen LogP contribution in [-0.2, 0) is 12.8 Å². The molecule has 5 heteroatoms. The van der Waals surface area contributed by atoms with E-state index >= 15 is 0 Å². The lowest BCUT2D eigenvalue weighted by Crippen LogP contribution is -2.05. The molecule has 0 radical (unpaired) electrons. The molecule has 18 heavy (non-hydrogen) atoms. The molecule has 0 atom stereocenters. The number of thiophene rings is 1. The molecule has 0 bridgehead atoms. The van der Waals surface area contributed by atoms with E-state index in [-0.39, 0.29) is 0 Å². The van der Waals surface area contributed by atoms with E-state index in [0.717, 1.165) is 28.8 Å². The lowest BCUT2D eigenvalue weighted by atomic mass is 10.1. The van der Waals surface area contributed by atoms with Crippen LogP contribution in [0.15, 0.2) is 22.0 Å². The van der Waals surface area contributed by atoms with E-state index in [2.05, 4.69) is 51.2 Å². The van der Waals surface area contributed by atoms with E-state index in [4.69, 9.17) is 11.6 Å². The standard InChI is InChI=1S/C13H14BrClN2S/c1-8(2)6-10-12(14)13(15)17-11(16-10)7-9-4-3-5-18-9/h3-5,8H,6-7H2,1-2H3. The smallest absolute Gasteiger partial charge is 0.147 e. The number of hydrogen-bond acceptors (Lipinski definition) is 3. The highest BCUT2D eigenvalue weighted by atomic mass is 79.9. The predicted molar refractivity (Wildman–Crippen MR) is 80.4 cm³/mol. The summed E-state index contributed by atoms with van der Waals surface area (Å²) in [6, 6.07) is 4.13. The molecule has 0 saturated carbocycles. The van der Waals surface area contributed by atoms with Gasteiger partial charge in [0, 0.05) is 11.3 Å². The number of halogens is 2. The van der Waals surface area contributed by atoms with Crippen LogP contribution < -0.4 is 0 Å². The van der Waals surface area contributed by atoms with Crippen molar-refractivity contribution in [3.05, 3.63) is 43.5 Å². The zero-order valence-electron chi connectivity index (χ0n) is 10.3. The summed E-state index contributed by atoms with van der Waals surface area (Å²) in [7, 11) is 0. The molecule has 0 N–H and O–H groups in total. The van der Waals surface area contributed by atoms with Gasteiger partial charge in [0.05, 0.1) is 10.2 Å². The highest BCUT2D eigenvalue weighted by Crippen LogP contribution is 2.26. The summed E-state index contributed by atoms with van der Waals surface area (Å²) >= 11 is 11.3.